The van der Waals surface area contributed by atoms with E-state index in [4.69, 9.17) is 0 Å². The van der Waals surface area contributed by atoms with E-state index < -0.39 is 0 Å². The highest BCUT2D eigenvalue weighted by Gasteiger charge is 2.45. The molecule has 2 N–H and O–H groups in total. The van der Waals surface area contributed by atoms with E-state index in [9.17, 15) is 9.59 Å². The molecule has 23 heavy (non-hydrogen) atoms. The number of amides is 2. The fourth-order valence-corrected chi connectivity index (χ4v) is 2.97. The first kappa shape index (κ1) is 17.5. The maximum Gasteiger partial charge on any atom is 0.230 e. The number of hydrogen-bond donors (Lipinski definition) is 2. The molecule has 0 spiro atoms. The summed E-state index contributed by atoms with van der Waals surface area (Å²) in [5, 5.41) is 5.97. The SMILES string of the molecule is CCCC(=O)Nc1ccc(C2(C(=O)NCC(C)C)CCC2)cc1. The van der Waals surface area contributed by atoms with Crippen LogP contribution >= 0.6 is 0 Å². The Labute approximate surface area is 139 Å². The van der Waals surface area contributed by atoms with Crippen LogP contribution in [0.15, 0.2) is 24.3 Å². The number of benzene rings is 1. The Kier molecular flexibility index (Phi) is 5.80. The van der Waals surface area contributed by atoms with Gasteiger partial charge in [0.2, 0.25) is 11.8 Å². The van der Waals surface area contributed by atoms with Gasteiger partial charge in [-0.25, -0.2) is 0 Å². The largest absolute Gasteiger partial charge is 0.355 e. The molecule has 0 unspecified atom stereocenters. The van der Waals surface area contributed by atoms with Gasteiger partial charge in [0.1, 0.15) is 0 Å². The Morgan fingerprint density at radius 2 is 1.83 bits per heavy atom. The highest BCUT2D eigenvalue weighted by molar-refractivity contribution is 5.91. The van der Waals surface area contributed by atoms with Gasteiger partial charge >= 0.3 is 0 Å². The van der Waals surface area contributed by atoms with Crippen LogP contribution in [0.5, 0.6) is 0 Å². The molecule has 1 aliphatic carbocycles. The lowest BCUT2D eigenvalue weighted by Crippen LogP contribution is -2.49. The van der Waals surface area contributed by atoms with Crippen LogP contribution in [0.1, 0.15) is 58.4 Å². The number of anilines is 1. The van der Waals surface area contributed by atoms with Crippen LogP contribution in [0.2, 0.25) is 0 Å². The summed E-state index contributed by atoms with van der Waals surface area (Å²) in [5.41, 5.74) is 1.48. The highest BCUT2D eigenvalue weighted by Crippen LogP contribution is 2.44. The number of rotatable bonds is 7. The van der Waals surface area contributed by atoms with Crippen LogP contribution < -0.4 is 10.6 Å². The average Bonchev–Trinajstić information content (AvgIpc) is 2.46. The molecule has 1 aliphatic rings. The van der Waals surface area contributed by atoms with E-state index in [1.54, 1.807) is 0 Å². The fourth-order valence-electron chi connectivity index (χ4n) is 2.97. The van der Waals surface area contributed by atoms with Gasteiger partial charge in [0.25, 0.3) is 0 Å². The molecule has 0 saturated heterocycles. The molecule has 0 heterocycles. The average molecular weight is 316 g/mol. The number of carbonyl (C=O) groups is 2. The molecule has 0 bridgehead atoms. The summed E-state index contributed by atoms with van der Waals surface area (Å²) in [7, 11) is 0. The van der Waals surface area contributed by atoms with E-state index in [-0.39, 0.29) is 17.2 Å². The van der Waals surface area contributed by atoms with Gasteiger partial charge in [-0.15, -0.1) is 0 Å². The van der Waals surface area contributed by atoms with Crippen molar-refractivity contribution in [3.05, 3.63) is 29.8 Å². The number of carbonyl (C=O) groups excluding carboxylic acids is 2. The number of hydrogen-bond acceptors (Lipinski definition) is 2. The Balaban J connectivity index is 2.06. The van der Waals surface area contributed by atoms with Gasteiger partial charge in [-0.3, -0.25) is 9.59 Å². The first-order valence-electron chi connectivity index (χ1n) is 8.66. The van der Waals surface area contributed by atoms with Gasteiger partial charge in [-0.05, 0) is 42.9 Å². The topological polar surface area (TPSA) is 58.2 Å². The molecule has 1 aromatic rings. The summed E-state index contributed by atoms with van der Waals surface area (Å²) in [6.07, 6.45) is 4.26. The van der Waals surface area contributed by atoms with E-state index in [1.165, 1.54) is 0 Å². The highest BCUT2D eigenvalue weighted by atomic mass is 16.2. The van der Waals surface area contributed by atoms with Gasteiger partial charge in [-0.1, -0.05) is 39.3 Å². The molecule has 0 aliphatic heterocycles. The van der Waals surface area contributed by atoms with Crippen molar-refractivity contribution in [3.63, 3.8) is 0 Å². The van der Waals surface area contributed by atoms with Crippen molar-refractivity contribution in [1.82, 2.24) is 5.32 Å². The van der Waals surface area contributed by atoms with Crippen molar-refractivity contribution >= 4 is 17.5 Å². The summed E-state index contributed by atoms with van der Waals surface area (Å²) in [6.45, 7) is 6.90. The zero-order valence-corrected chi connectivity index (χ0v) is 14.4. The Hall–Kier alpha value is -1.84. The molecule has 1 fully saturated rings. The third kappa shape index (κ3) is 4.12. The summed E-state index contributed by atoms with van der Waals surface area (Å²) in [5.74, 6) is 0.626. The molecule has 4 heteroatoms. The van der Waals surface area contributed by atoms with E-state index in [0.717, 1.165) is 36.9 Å². The minimum Gasteiger partial charge on any atom is -0.355 e. The van der Waals surface area contributed by atoms with E-state index >= 15 is 0 Å². The zero-order chi connectivity index (χ0) is 16.9. The molecular weight excluding hydrogens is 288 g/mol. The number of nitrogens with one attached hydrogen (secondary N) is 2. The second kappa shape index (κ2) is 7.62. The first-order chi connectivity index (χ1) is 11.0. The quantitative estimate of drug-likeness (QED) is 0.807. The van der Waals surface area contributed by atoms with E-state index in [0.29, 0.717) is 18.9 Å². The summed E-state index contributed by atoms with van der Waals surface area (Å²) >= 11 is 0. The van der Waals surface area contributed by atoms with Crippen LogP contribution in [-0.2, 0) is 15.0 Å². The van der Waals surface area contributed by atoms with Crippen molar-refractivity contribution < 1.29 is 9.59 Å². The fraction of sp³-hybridized carbons (Fsp3) is 0.579. The second-order valence-electron chi connectivity index (χ2n) is 6.92. The molecule has 0 atom stereocenters. The predicted molar refractivity (Wildman–Crippen MR) is 93.4 cm³/mol. The molecule has 126 valence electrons. The Morgan fingerprint density at radius 3 is 2.30 bits per heavy atom. The Bertz CT molecular complexity index is 545. The van der Waals surface area contributed by atoms with Crippen LogP contribution in [0.3, 0.4) is 0 Å². The lowest BCUT2D eigenvalue weighted by Gasteiger charge is -2.41. The van der Waals surface area contributed by atoms with Gasteiger partial charge in [-0.2, -0.15) is 0 Å². The third-order valence-electron chi connectivity index (χ3n) is 4.51. The monoisotopic (exact) mass is 316 g/mol. The predicted octanol–water partition coefficient (Wildman–Crippen LogP) is 3.62. The summed E-state index contributed by atoms with van der Waals surface area (Å²) in [4.78, 5) is 24.3. The van der Waals surface area contributed by atoms with Crippen molar-refractivity contribution in [1.29, 1.82) is 0 Å². The van der Waals surface area contributed by atoms with Crippen LogP contribution in [0.25, 0.3) is 0 Å². The zero-order valence-electron chi connectivity index (χ0n) is 14.4. The molecular formula is C19H28N2O2. The summed E-state index contributed by atoms with van der Waals surface area (Å²) in [6, 6.07) is 7.77. The van der Waals surface area contributed by atoms with Gasteiger partial charge in [0.05, 0.1) is 5.41 Å². The molecule has 0 aromatic heterocycles. The van der Waals surface area contributed by atoms with Crippen LogP contribution in [-0.4, -0.2) is 18.4 Å². The lowest BCUT2D eigenvalue weighted by molar-refractivity contribution is -0.130. The third-order valence-corrected chi connectivity index (χ3v) is 4.51. The minimum absolute atomic E-state index is 0.0354. The molecule has 2 amide bonds. The molecule has 1 aromatic carbocycles. The van der Waals surface area contributed by atoms with Crippen LogP contribution in [0.4, 0.5) is 5.69 Å². The maximum atomic E-state index is 12.6. The van der Waals surface area contributed by atoms with Crippen molar-refractivity contribution in [2.75, 3.05) is 11.9 Å². The van der Waals surface area contributed by atoms with Gasteiger partial charge in [0.15, 0.2) is 0 Å². The normalized spacial score (nSPS) is 15.8. The van der Waals surface area contributed by atoms with E-state index in [2.05, 4.69) is 24.5 Å². The molecule has 2 rings (SSSR count). The second-order valence-corrected chi connectivity index (χ2v) is 6.92. The van der Waals surface area contributed by atoms with Crippen molar-refractivity contribution in [3.8, 4) is 0 Å². The first-order valence-corrected chi connectivity index (χ1v) is 8.66. The molecule has 4 nitrogen and oxygen atoms in total. The maximum absolute atomic E-state index is 12.6. The standard InChI is InChI=1S/C19H28N2O2/c1-4-6-17(22)21-16-9-7-15(8-10-16)19(11-5-12-19)18(23)20-13-14(2)3/h7-10,14H,4-6,11-13H2,1-3H3,(H,20,23)(H,21,22). The smallest absolute Gasteiger partial charge is 0.230 e. The minimum atomic E-state index is -0.374. The molecule has 0 radical (unpaired) electrons. The van der Waals surface area contributed by atoms with Gasteiger partial charge < -0.3 is 10.6 Å². The molecule has 1 saturated carbocycles. The van der Waals surface area contributed by atoms with Crippen molar-refractivity contribution in [2.45, 2.75) is 58.3 Å². The van der Waals surface area contributed by atoms with E-state index in [1.807, 2.05) is 31.2 Å². The van der Waals surface area contributed by atoms with Gasteiger partial charge in [0, 0.05) is 18.7 Å². The lowest BCUT2D eigenvalue weighted by atomic mass is 9.63. The summed E-state index contributed by atoms with van der Waals surface area (Å²) < 4.78 is 0. The van der Waals surface area contributed by atoms with Crippen LogP contribution in [0, 0.1) is 5.92 Å². The van der Waals surface area contributed by atoms with Crippen molar-refractivity contribution in [2.24, 2.45) is 5.92 Å². The Morgan fingerprint density at radius 1 is 1.17 bits per heavy atom.